The fourth-order valence-corrected chi connectivity index (χ4v) is 2.97. The molecule has 0 aliphatic heterocycles. The largest absolute Gasteiger partial charge is 0.496 e. The van der Waals surface area contributed by atoms with Crippen molar-refractivity contribution >= 4 is 34.8 Å². The van der Waals surface area contributed by atoms with Crippen molar-refractivity contribution in [3.8, 4) is 16.9 Å². The second-order valence-corrected chi connectivity index (χ2v) is 6.76. The van der Waals surface area contributed by atoms with Crippen LogP contribution >= 0.6 is 23.2 Å². The standard InChI is InChI=1S/C19H18Cl2N4O2/c1-27-18-8-13(3-4-14(18)12-9-23-24-10-12)25-19(26)17(22)7-11-2-5-15(20)16(21)6-11/h2-6,8-10,17H,7,22H2,1H3,(H,23,24)(H,25,26)/t17-/m1/s1. The van der Waals surface area contributed by atoms with Crippen molar-refractivity contribution in [2.75, 3.05) is 12.4 Å². The third kappa shape index (κ3) is 4.60. The Hall–Kier alpha value is -2.54. The van der Waals surface area contributed by atoms with Gasteiger partial charge in [-0.25, -0.2) is 0 Å². The number of ether oxygens (including phenoxy) is 1. The van der Waals surface area contributed by atoms with Crippen molar-refractivity contribution < 1.29 is 9.53 Å². The Morgan fingerprint density at radius 2 is 2.07 bits per heavy atom. The van der Waals surface area contributed by atoms with Gasteiger partial charge in [-0.15, -0.1) is 0 Å². The van der Waals surface area contributed by atoms with Crippen LogP contribution in [0.5, 0.6) is 5.75 Å². The highest BCUT2D eigenvalue weighted by Crippen LogP contribution is 2.32. The Morgan fingerprint density at radius 1 is 1.26 bits per heavy atom. The number of carbonyl (C=O) groups is 1. The van der Waals surface area contributed by atoms with Gasteiger partial charge in [0.1, 0.15) is 5.75 Å². The lowest BCUT2D eigenvalue weighted by Gasteiger charge is -2.14. The molecular weight excluding hydrogens is 387 g/mol. The number of nitrogens with two attached hydrogens (primary N) is 1. The number of rotatable bonds is 6. The molecule has 1 aromatic heterocycles. The molecule has 8 heteroatoms. The molecule has 4 N–H and O–H groups in total. The van der Waals surface area contributed by atoms with Crippen molar-refractivity contribution in [3.05, 3.63) is 64.4 Å². The highest BCUT2D eigenvalue weighted by atomic mass is 35.5. The van der Waals surface area contributed by atoms with Crippen LogP contribution in [0.4, 0.5) is 5.69 Å². The van der Waals surface area contributed by atoms with Crippen molar-refractivity contribution in [2.24, 2.45) is 5.73 Å². The quantitative estimate of drug-likeness (QED) is 0.580. The molecule has 27 heavy (non-hydrogen) atoms. The first-order valence-electron chi connectivity index (χ1n) is 8.15. The summed E-state index contributed by atoms with van der Waals surface area (Å²) < 4.78 is 5.42. The summed E-state index contributed by atoms with van der Waals surface area (Å²) in [5, 5.41) is 10.4. The average Bonchev–Trinajstić information content (AvgIpc) is 3.19. The molecule has 3 rings (SSSR count). The Bertz CT molecular complexity index is 945. The fraction of sp³-hybridized carbons (Fsp3) is 0.158. The predicted molar refractivity (Wildman–Crippen MR) is 107 cm³/mol. The Balaban J connectivity index is 1.70. The van der Waals surface area contributed by atoms with E-state index in [9.17, 15) is 4.79 Å². The molecule has 0 radical (unpaired) electrons. The van der Waals surface area contributed by atoms with Gasteiger partial charge in [0, 0.05) is 29.1 Å². The second kappa shape index (κ2) is 8.43. The van der Waals surface area contributed by atoms with E-state index in [-0.39, 0.29) is 5.91 Å². The van der Waals surface area contributed by atoms with Gasteiger partial charge in [0.15, 0.2) is 0 Å². The predicted octanol–water partition coefficient (Wildman–Crippen LogP) is 3.90. The van der Waals surface area contributed by atoms with Crippen LogP contribution < -0.4 is 15.8 Å². The zero-order valence-electron chi connectivity index (χ0n) is 14.5. The molecule has 6 nitrogen and oxygen atoms in total. The lowest BCUT2D eigenvalue weighted by atomic mass is 10.1. The first-order valence-corrected chi connectivity index (χ1v) is 8.91. The smallest absolute Gasteiger partial charge is 0.241 e. The van der Waals surface area contributed by atoms with Gasteiger partial charge in [0.25, 0.3) is 0 Å². The van der Waals surface area contributed by atoms with Gasteiger partial charge in [0.05, 0.1) is 29.4 Å². The van der Waals surface area contributed by atoms with Crippen LogP contribution in [0.3, 0.4) is 0 Å². The summed E-state index contributed by atoms with van der Waals surface area (Å²) in [7, 11) is 1.57. The lowest BCUT2D eigenvalue weighted by molar-refractivity contribution is -0.117. The van der Waals surface area contributed by atoms with Crippen molar-refractivity contribution in [3.63, 3.8) is 0 Å². The van der Waals surface area contributed by atoms with E-state index in [1.165, 1.54) is 0 Å². The molecule has 0 fully saturated rings. The maximum Gasteiger partial charge on any atom is 0.241 e. The number of anilines is 1. The molecule has 0 spiro atoms. The normalized spacial score (nSPS) is 11.9. The maximum atomic E-state index is 12.4. The van der Waals surface area contributed by atoms with E-state index in [2.05, 4.69) is 15.5 Å². The number of amides is 1. The van der Waals surface area contributed by atoms with Crippen molar-refractivity contribution in [2.45, 2.75) is 12.5 Å². The van der Waals surface area contributed by atoms with Crippen LogP contribution in [0.15, 0.2) is 48.8 Å². The third-order valence-electron chi connectivity index (χ3n) is 4.05. The van der Waals surface area contributed by atoms with Crippen molar-refractivity contribution in [1.82, 2.24) is 10.2 Å². The molecule has 0 saturated heterocycles. The monoisotopic (exact) mass is 404 g/mol. The van der Waals surface area contributed by atoms with E-state index < -0.39 is 6.04 Å². The number of H-pyrrole nitrogens is 1. The minimum Gasteiger partial charge on any atom is -0.496 e. The number of benzene rings is 2. The Morgan fingerprint density at radius 3 is 2.74 bits per heavy atom. The van der Waals surface area contributed by atoms with Gasteiger partial charge < -0.3 is 15.8 Å². The van der Waals surface area contributed by atoms with E-state index in [4.69, 9.17) is 33.7 Å². The van der Waals surface area contributed by atoms with Gasteiger partial charge >= 0.3 is 0 Å². The number of nitrogens with one attached hydrogen (secondary N) is 2. The summed E-state index contributed by atoms with van der Waals surface area (Å²) in [5.41, 5.74) is 9.21. The summed E-state index contributed by atoms with van der Waals surface area (Å²) in [6.45, 7) is 0. The summed E-state index contributed by atoms with van der Waals surface area (Å²) in [4.78, 5) is 12.4. The fourth-order valence-electron chi connectivity index (χ4n) is 2.65. The van der Waals surface area contributed by atoms with E-state index in [1.54, 1.807) is 49.8 Å². The van der Waals surface area contributed by atoms with E-state index in [0.717, 1.165) is 16.7 Å². The molecule has 2 aromatic carbocycles. The summed E-state index contributed by atoms with van der Waals surface area (Å²) in [5.74, 6) is 0.312. The highest BCUT2D eigenvalue weighted by Gasteiger charge is 2.16. The zero-order valence-corrected chi connectivity index (χ0v) is 16.0. The first-order chi connectivity index (χ1) is 13.0. The van der Waals surface area contributed by atoms with Crippen molar-refractivity contribution in [1.29, 1.82) is 0 Å². The summed E-state index contributed by atoms with van der Waals surface area (Å²) in [6, 6.07) is 9.83. The zero-order chi connectivity index (χ0) is 19.4. The summed E-state index contributed by atoms with van der Waals surface area (Å²) in [6.07, 6.45) is 3.81. The average molecular weight is 405 g/mol. The second-order valence-electron chi connectivity index (χ2n) is 5.95. The summed E-state index contributed by atoms with van der Waals surface area (Å²) >= 11 is 11.9. The molecule has 0 aliphatic carbocycles. The van der Waals surface area contributed by atoms with Gasteiger partial charge in [-0.05, 0) is 36.2 Å². The molecule has 0 unspecified atom stereocenters. The van der Waals surface area contributed by atoms with Gasteiger partial charge in [-0.1, -0.05) is 29.3 Å². The Kier molecular flexibility index (Phi) is 6.01. The number of carbonyl (C=O) groups excluding carboxylic acids is 1. The number of aromatic amines is 1. The third-order valence-corrected chi connectivity index (χ3v) is 4.79. The Labute approximate surface area is 166 Å². The van der Waals surface area contributed by atoms with Crippen LogP contribution in [0.2, 0.25) is 10.0 Å². The van der Waals surface area contributed by atoms with Crippen LogP contribution in [-0.4, -0.2) is 29.3 Å². The molecule has 0 bridgehead atoms. The van der Waals surface area contributed by atoms with Crippen LogP contribution in [-0.2, 0) is 11.2 Å². The minimum absolute atomic E-state index is 0.306. The molecule has 0 saturated carbocycles. The van der Waals surface area contributed by atoms with Gasteiger partial charge in [-0.3, -0.25) is 9.89 Å². The van der Waals surface area contributed by atoms with E-state index in [0.29, 0.717) is 27.9 Å². The molecule has 1 amide bonds. The lowest BCUT2D eigenvalue weighted by Crippen LogP contribution is -2.37. The number of nitrogens with zero attached hydrogens (tertiary/aromatic N) is 1. The SMILES string of the molecule is COc1cc(NC(=O)[C@H](N)Cc2ccc(Cl)c(Cl)c2)ccc1-c1cn[nH]c1. The molecule has 1 atom stereocenters. The molecular formula is C19H18Cl2N4O2. The number of halogens is 2. The van der Waals surface area contributed by atoms with Crippen LogP contribution in [0.1, 0.15) is 5.56 Å². The number of hydrogen-bond acceptors (Lipinski definition) is 4. The number of hydrogen-bond donors (Lipinski definition) is 3. The topological polar surface area (TPSA) is 93.0 Å². The van der Waals surface area contributed by atoms with Gasteiger partial charge in [-0.2, -0.15) is 5.10 Å². The van der Waals surface area contributed by atoms with E-state index in [1.807, 2.05) is 6.07 Å². The first kappa shape index (κ1) is 19.2. The van der Waals surface area contributed by atoms with Crippen LogP contribution in [0, 0.1) is 0 Å². The van der Waals surface area contributed by atoms with Gasteiger partial charge in [0.2, 0.25) is 5.91 Å². The minimum atomic E-state index is -0.734. The molecule has 1 heterocycles. The van der Waals surface area contributed by atoms with E-state index >= 15 is 0 Å². The molecule has 140 valence electrons. The number of aromatic nitrogens is 2. The van der Waals surface area contributed by atoms with Crippen LogP contribution in [0.25, 0.3) is 11.1 Å². The molecule has 0 aliphatic rings. The number of methoxy groups -OCH3 is 1. The highest BCUT2D eigenvalue weighted by molar-refractivity contribution is 6.42. The molecule has 3 aromatic rings. The maximum absolute atomic E-state index is 12.4.